The molecule has 0 unspecified atom stereocenters. The van der Waals surface area contributed by atoms with Gasteiger partial charge in [-0.3, -0.25) is 4.79 Å². The number of H-pyrrole nitrogens is 1. The standard InChI is InChI=1S/C17H25N3OS/c1-9(2)8-18-11(4)15-19-16(21)14-12-6-5-10(3)7-13(12)22-17(14)20-15/h9-11,18H,5-8H2,1-4H3,(H,19,20,21)/p+1/t10-,11-/m0/s1. The minimum Gasteiger partial charge on any atom is -0.338 e. The summed E-state index contributed by atoms with van der Waals surface area (Å²) in [5.41, 5.74) is 1.31. The molecular weight excluding hydrogens is 294 g/mol. The molecule has 1 aliphatic carbocycles. The summed E-state index contributed by atoms with van der Waals surface area (Å²) in [6.45, 7) is 9.86. The van der Waals surface area contributed by atoms with Gasteiger partial charge in [0.1, 0.15) is 10.9 Å². The molecule has 0 saturated heterocycles. The number of aromatic amines is 1. The van der Waals surface area contributed by atoms with E-state index in [4.69, 9.17) is 4.98 Å². The summed E-state index contributed by atoms with van der Waals surface area (Å²) in [5.74, 6) is 2.16. The van der Waals surface area contributed by atoms with Gasteiger partial charge in [0.05, 0.1) is 11.9 Å². The minimum absolute atomic E-state index is 0.0526. The van der Waals surface area contributed by atoms with Crippen molar-refractivity contribution in [3.63, 3.8) is 0 Å². The Morgan fingerprint density at radius 2 is 2.18 bits per heavy atom. The van der Waals surface area contributed by atoms with Crippen molar-refractivity contribution in [3.05, 3.63) is 26.6 Å². The predicted octanol–water partition coefficient (Wildman–Crippen LogP) is 2.39. The van der Waals surface area contributed by atoms with Crippen LogP contribution in [-0.4, -0.2) is 16.5 Å². The summed E-state index contributed by atoms with van der Waals surface area (Å²) >= 11 is 1.73. The third-order valence-electron chi connectivity index (χ3n) is 4.58. The normalized spacial score (nSPS) is 19.6. The van der Waals surface area contributed by atoms with Crippen LogP contribution in [-0.2, 0) is 12.8 Å². The van der Waals surface area contributed by atoms with Gasteiger partial charge in [-0.15, -0.1) is 11.3 Å². The molecule has 2 heterocycles. The number of hydrogen-bond donors (Lipinski definition) is 2. The molecule has 0 aliphatic heterocycles. The summed E-state index contributed by atoms with van der Waals surface area (Å²) in [6.07, 6.45) is 3.30. The Balaban J connectivity index is 1.97. The van der Waals surface area contributed by atoms with E-state index in [1.54, 1.807) is 11.3 Å². The van der Waals surface area contributed by atoms with Gasteiger partial charge < -0.3 is 10.3 Å². The number of thiophene rings is 1. The molecular formula is C17H26N3OS+. The zero-order valence-corrected chi connectivity index (χ0v) is 14.7. The van der Waals surface area contributed by atoms with Crippen LogP contribution in [0.3, 0.4) is 0 Å². The molecule has 0 bridgehead atoms. The lowest BCUT2D eigenvalue weighted by Crippen LogP contribution is -2.86. The third kappa shape index (κ3) is 2.97. The number of nitrogens with two attached hydrogens (primary N) is 1. The number of aryl methyl sites for hydroxylation is 1. The largest absolute Gasteiger partial charge is 0.338 e. The van der Waals surface area contributed by atoms with Gasteiger partial charge in [0, 0.05) is 10.8 Å². The van der Waals surface area contributed by atoms with Crippen LogP contribution in [0.2, 0.25) is 0 Å². The Kier molecular flexibility index (Phi) is 4.37. The highest BCUT2D eigenvalue weighted by molar-refractivity contribution is 7.18. The van der Waals surface area contributed by atoms with Gasteiger partial charge >= 0.3 is 0 Å². The van der Waals surface area contributed by atoms with Crippen molar-refractivity contribution in [1.29, 1.82) is 0 Å². The second-order valence-corrected chi connectivity index (χ2v) is 8.22. The van der Waals surface area contributed by atoms with Gasteiger partial charge in [0.15, 0.2) is 5.82 Å². The van der Waals surface area contributed by atoms with Crippen LogP contribution >= 0.6 is 11.3 Å². The van der Waals surface area contributed by atoms with E-state index < -0.39 is 0 Å². The van der Waals surface area contributed by atoms with E-state index >= 15 is 0 Å². The molecule has 120 valence electrons. The van der Waals surface area contributed by atoms with Crippen molar-refractivity contribution in [1.82, 2.24) is 9.97 Å². The maximum absolute atomic E-state index is 12.6. The average Bonchev–Trinajstić information content (AvgIpc) is 2.82. The van der Waals surface area contributed by atoms with Gasteiger partial charge in [-0.05, 0) is 37.7 Å². The maximum Gasteiger partial charge on any atom is 0.260 e. The van der Waals surface area contributed by atoms with Crippen molar-refractivity contribution >= 4 is 21.6 Å². The third-order valence-corrected chi connectivity index (χ3v) is 5.72. The molecule has 22 heavy (non-hydrogen) atoms. The van der Waals surface area contributed by atoms with Gasteiger partial charge in [0.2, 0.25) is 0 Å². The molecule has 0 aromatic carbocycles. The van der Waals surface area contributed by atoms with E-state index in [1.807, 2.05) is 0 Å². The first-order chi connectivity index (χ1) is 10.5. The topological polar surface area (TPSA) is 62.4 Å². The van der Waals surface area contributed by atoms with Crippen LogP contribution in [0.15, 0.2) is 4.79 Å². The molecule has 3 rings (SSSR count). The number of fused-ring (bicyclic) bond motifs is 3. The Hall–Kier alpha value is -1.20. The first-order valence-corrected chi connectivity index (χ1v) is 9.15. The monoisotopic (exact) mass is 320 g/mol. The second kappa shape index (κ2) is 6.13. The molecule has 0 fully saturated rings. The lowest BCUT2D eigenvalue weighted by molar-refractivity contribution is -0.698. The van der Waals surface area contributed by atoms with E-state index in [0.717, 1.165) is 41.3 Å². The Bertz CT molecular complexity index is 731. The highest BCUT2D eigenvalue weighted by Crippen LogP contribution is 2.35. The van der Waals surface area contributed by atoms with Gasteiger partial charge in [-0.25, -0.2) is 4.98 Å². The quantitative estimate of drug-likeness (QED) is 0.908. The van der Waals surface area contributed by atoms with Crippen LogP contribution in [0.25, 0.3) is 10.2 Å². The molecule has 0 spiro atoms. The number of aromatic nitrogens is 2. The summed E-state index contributed by atoms with van der Waals surface area (Å²) in [5, 5.41) is 3.11. The fourth-order valence-corrected chi connectivity index (χ4v) is 4.56. The van der Waals surface area contributed by atoms with Crippen molar-refractivity contribution in [3.8, 4) is 0 Å². The number of hydrogen-bond acceptors (Lipinski definition) is 3. The molecule has 0 radical (unpaired) electrons. The molecule has 1 aliphatic rings. The summed E-state index contributed by atoms with van der Waals surface area (Å²) in [6, 6.07) is 0.192. The smallest absolute Gasteiger partial charge is 0.260 e. The zero-order chi connectivity index (χ0) is 15.9. The first-order valence-electron chi connectivity index (χ1n) is 8.33. The van der Waals surface area contributed by atoms with Gasteiger partial charge in [0.25, 0.3) is 5.56 Å². The van der Waals surface area contributed by atoms with Crippen molar-refractivity contribution < 1.29 is 5.32 Å². The van der Waals surface area contributed by atoms with Gasteiger partial charge in [-0.1, -0.05) is 20.8 Å². The van der Waals surface area contributed by atoms with E-state index in [-0.39, 0.29) is 11.6 Å². The first kappa shape index (κ1) is 15.7. The molecule has 0 amide bonds. The SMILES string of the molecule is CC(C)C[NH2+][C@@H](C)c1nc2sc3c(c2c(=O)[nH]1)CC[C@H](C)C3. The molecule has 2 atom stereocenters. The average molecular weight is 320 g/mol. The lowest BCUT2D eigenvalue weighted by atomic mass is 9.89. The highest BCUT2D eigenvalue weighted by Gasteiger charge is 2.24. The Morgan fingerprint density at radius 3 is 2.91 bits per heavy atom. The van der Waals surface area contributed by atoms with Crippen molar-refractivity contribution in [2.24, 2.45) is 11.8 Å². The molecule has 2 aromatic rings. The Morgan fingerprint density at radius 1 is 1.41 bits per heavy atom. The fraction of sp³-hybridized carbons (Fsp3) is 0.647. The molecule has 4 nitrogen and oxygen atoms in total. The molecule has 5 heteroatoms. The summed E-state index contributed by atoms with van der Waals surface area (Å²) < 4.78 is 0. The van der Waals surface area contributed by atoms with Crippen LogP contribution in [0.4, 0.5) is 0 Å². The predicted molar refractivity (Wildman–Crippen MR) is 91.5 cm³/mol. The van der Waals surface area contributed by atoms with Crippen LogP contribution in [0, 0.1) is 11.8 Å². The van der Waals surface area contributed by atoms with Crippen molar-refractivity contribution in [2.75, 3.05) is 6.54 Å². The molecule has 2 aromatic heterocycles. The van der Waals surface area contributed by atoms with Crippen LogP contribution in [0.5, 0.6) is 0 Å². The van der Waals surface area contributed by atoms with E-state index in [1.165, 1.54) is 16.9 Å². The second-order valence-electron chi connectivity index (χ2n) is 7.14. The summed E-state index contributed by atoms with van der Waals surface area (Å²) in [7, 11) is 0. The van der Waals surface area contributed by atoms with E-state index in [9.17, 15) is 4.79 Å². The molecule has 0 saturated carbocycles. The van der Waals surface area contributed by atoms with Crippen LogP contribution in [0.1, 0.15) is 56.4 Å². The number of rotatable bonds is 4. The summed E-state index contributed by atoms with van der Waals surface area (Å²) in [4.78, 5) is 22.7. The van der Waals surface area contributed by atoms with E-state index in [2.05, 4.69) is 38.0 Å². The number of nitrogens with zero attached hydrogens (tertiary/aromatic N) is 1. The molecule has 3 N–H and O–H groups in total. The van der Waals surface area contributed by atoms with Crippen molar-refractivity contribution in [2.45, 2.75) is 53.0 Å². The Labute approximate surface area is 135 Å². The number of nitrogens with one attached hydrogen (secondary N) is 1. The highest BCUT2D eigenvalue weighted by atomic mass is 32.1. The van der Waals surface area contributed by atoms with Gasteiger partial charge in [-0.2, -0.15) is 0 Å². The zero-order valence-electron chi connectivity index (χ0n) is 13.9. The fourth-order valence-electron chi connectivity index (χ4n) is 3.17. The lowest BCUT2D eigenvalue weighted by Gasteiger charge is -2.17. The maximum atomic E-state index is 12.6. The number of quaternary nitrogens is 1. The van der Waals surface area contributed by atoms with Crippen LogP contribution < -0.4 is 10.9 Å². The minimum atomic E-state index is 0.0526. The van der Waals surface area contributed by atoms with E-state index in [0.29, 0.717) is 5.92 Å².